The third kappa shape index (κ3) is 1.29. The molecule has 0 N–H and O–H groups in total. The summed E-state index contributed by atoms with van der Waals surface area (Å²) in [5.74, 6) is 0.731. The van der Waals surface area contributed by atoms with Gasteiger partial charge in [-0.05, 0) is 30.4 Å². The fraction of sp³-hybridized carbons (Fsp3) is 0.500. The Morgan fingerprint density at radius 1 is 1.64 bits per heavy atom. The van der Waals surface area contributed by atoms with Gasteiger partial charge in [0.25, 0.3) is 0 Å². The first-order valence-electron chi connectivity index (χ1n) is 5.12. The Labute approximate surface area is 84.6 Å². The summed E-state index contributed by atoms with van der Waals surface area (Å²) in [4.78, 5) is 4.08. The molecule has 1 aromatic heterocycles. The van der Waals surface area contributed by atoms with Crippen molar-refractivity contribution in [3.8, 4) is 6.07 Å². The topological polar surface area (TPSA) is 36.7 Å². The lowest BCUT2D eigenvalue weighted by Gasteiger charge is -2.42. The average Bonchev–Trinajstić information content (AvgIpc) is 2.19. The van der Waals surface area contributed by atoms with Crippen molar-refractivity contribution in [1.82, 2.24) is 4.98 Å². The molecule has 0 radical (unpaired) electrons. The Balaban J connectivity index is 2.22. The summed E-state index contributed by atoms with van der Waals surface area (Å²) in [6, 6.07) is 6.38. The highest BCUT2D eigenvalue weighted by atomic mass is 14.6. The molecule has 0 saturated heterocycles. The third-order valence-corrected chi connectivity index (χ3v) is 3.28. The number of hydrogen-bond acceptors (Lipinski definition) is 2. The predicted octanol–water partition coefficient (Wildman–Crippen LogP) is 2.66. The fourth-order valence-electron chi connectivity index (χ4n) is 2.25. The monoisotopic (exact) mass is 186 g/mol. The van der Waals surface area contributed by atoms with Crippen LogP contribution >= 0.6 is 0 Å². The van der Waals surface area contributed by atoms with Crippen molar-refractivity contribution in [3.63, 3.8) is 0 Å². The van der Waals surface area contributed by atoms with Crippen molar-refractivity contribution in [2.75, 3.05) is 0 Å². The van der Waals surface area contributed by atoms with Gasteiger partial charge in [0.05, 0.1) is 11.5 Å². The molecule has 0 atom stereocenters. The molecule has 1 aliphatic carbocycles. The molecule has 0 bridgehead atoms. The van der Waals surface area contributed by atoms with E-state index in [1.165, 1.54) is 6.42 Å². The number of pyridine rings is 1. The second kappa shape index (κ2) is 3.42. The predicted molar refractivity (Wildman–Crippen MR) is 54.5 cm³/mol. The normalized spacial score (nSPS) is 30.4. The minimum Gasteiger partial charge on any atom is -0.264 e. The number of rotatable bonds is 2. The van der Waals surface area contributed by atoms with E-state index in [2.05, 4.69) is 18.0 Å². The van der Waals surface area contributed by atoms with E-state index in [0.29, 0.717) is 0 Å². The van der Waals surface area contributed by atoms with Gasteiger partial charge in [-0.15, -0.1) is 0 Å². The summed E-state index contributed by atoms with van der Waals surface area (Å²) in [5.41, 5.74) is 0.863. The molecule has 0 aromatic carbocycles. The van der Waals surface area contributed by atoms with Gasteiger partial charge in [0.15, 0.2) is 0 Å². The zero-order valence-corrected chi connectivity index (χ0v) is 8.40. The molecule has 1 aromatic rings. The molecular formula is C12H14N2. The van der Waals surface area contributed by atoms with E-state index in [0.717, 1.165) is 24.3 Å². The summed E-state index contributed by atoms with van der Waals surface area (Å²) in [7, 11) is 0. The largest absolute Gasteiger partial charge is 0.264 e. The van der Waals surface area contributed by atoms with Crippen LogP contribution in [0.3, 0.4) is 0 Å². The quantitative estimate of drug-likeness (QED) is 0.712. The van der Waals surface area contributed by atoms with Crippen molar-refractivity contribution < 1.29 is 0 Å². The van der Waals surface area contributed by atoms with Crippen LogP contribution in [-0.2, 0) is 5.41 Å². The van der Waals surface area contributed by atoms with Crippen LogP contribution < -0.4 is 0 Å². The molecule has 72 valence electrons. The maximum Gasteiger partial charge on any atom is 0.0842 e. The zero-order valence-electron chi connectivity index (χ0n) is 8.40. The summed E-state index contributed by atoms with van der Waals surface area (Å²) < 4.78 is 0. The Kier molecular flexibility index (Phi) is 2.25. The van der Waals surface area contributed by atoms with E-state index in [1.54, 1.807) is 6.20 Å². The van der Waals surface area contributed by atoms with Gasteiger partial charge in [-0.3, -0.25) is 4.98 Å². The van der Waals surface area contributed by atoms with Crippen LogP contribution in [0.2, 0.25) is 0 Å². The second-order valence-corrected chi connectivity index (χ2v) is 4.12. The van der Waals surface area contributed by atoms with E-state index in [1.807, 2.05) is 18.3 Å². The number of nitrogens with zero attached hydrogens (tertiary/aromatic N) is 2. The Morgan fingerprint density at radius 3 is 2.93 bits per heavy atom. The number of nitriles is 1. The minimum absolute atomic E-state index is 0.227. The van der Waals surface area contributed by atoms with Crippen molar-refractivity contribution in [3.05, 3.63) is 30.1 Å². The van der Waals surface area contributed by atoms with E-state index in [4.69, 9.17) is 0 Å². The lowest BCUT2D eigenvalue weighted by Crippen LogP contribution is -2.39. The van der Waals surface area contributed by atoms with Crippen LogP contribution in [-0.4, -0.2) is 4.98 Å². The average molecular weight is 186 g/mol. The van der Waals surface area contributed by atoms with E-state index in [9.17, 15) is 5.26 Å². The zero-order chi connectivity index (χ0) is 10.0. The summed E-state index contributed by atoms with van der Waals surface area (Å²) in [6.07, 6.45) is 6.78. The molecule has 2 nitrogen and oxygen atoms in total. The van der Waals surface area contributed by atoms with Crippen LogP contribution in [0.25, 0.3) is 0 Å². The fourth-order valence-corrected chi connectivity index (χ4v) is 2.25. The summed E-state index contributed by atoms with van der Waals surface area (Å²) >= 11 is 0. The summed E-state index contributed by atoms with van der Waals surface area (Å²) in [5, 5.41) is 9.23. The van der Waals surface area contributed by atoms with E-state index in [-0.39, 0.29) is 5.41 Å². The highest BCUT2D eigenvalue weighted by Gasteiger charge is 2.45. The molecule has 1 saturated carbocycles. The number of hydrogen-bond donors (Lipinski definition) is 0. The second-order valence-electron chi connectivity index (χ2n) is 4.12. The molecule has 1 fully saturated rings. The van der Waals surface area contributed by atoms with Gasteiger partial charge in [-0.1, -0.05) is 19.4 Å². The smallest absolute Gasteiger partial charge is 0.0842 e. The highest BCUT2D eigenvalue weighted by molar-refractivity contribution is 5.33. The molecule has 1 aliphatic rings. The molecule has 1 heterocycles. The standard InChI is InChI=1S/C12H14N2/c1-2-10-6-12(7-10,9-13)11-4-3-5-14-8-11/h3-5,8,10H,2,6-7H2,1H3. The van der Waals surface area contributed by atoms with Crippen LogP contribution in [0.15, 0.2) is 24.5 Å². The van der Waals surface area contributed by atoms with Gasteiger partial charge >= 0.3 is 0 Å². The molecule has 0 spiro atoms. The van der Waals surface area contributed by atoms with Crippen molar-refractivity contribution in [2.45, 2.75) is 31.6 Å². The Hall–Kier alpha value is -1.36. The van der Waals surface area contributed by atoms with E-state index < -0.39 is 0 Å². The van der Waals surface area contributed by atoms with E-state index >= 15 is 0 Å². The van der Waals surface area contributed by atoms with Gasteiger partial charge in [0.1, 0.15) is 0 Å². The van der Waals surface area contributed by atoms with Gasteiger partial charge < -0.3 is 0 Å². The van der Waals surface area contributed by atoms with Gasteiger partial charge in [-0.2, -0.15) is 5.26 Å². The van der Waals surface area contributed by atoms with Crippen LogP contribution in [0.1, 0.15) is 31.7 Å². The maximum absolute atomic E-state index is 9.23. The first kappa shape index (κ1) is 9.21. The molecular weight excluding hydrogens is 172 g/mol. The van der Waals surface area contributed by atoms with Gasteiger partial charge in [-0.25, -0.2) is 0 Å². The van der Waals surface area contributed by atoms with Crippen molar-refractivity contribution in [2.24, 2.45) is 5.92 Å². The van der Waals surface area contributed by atoms with Crippen molar-refractivity contribution in [1.29, 1.82) is 5.26 Å². The van der Waals surface area contributed by atoms with Crippen LogP contribution in [0, 0.1) is 17.2 Å². The molecule has 0 aliphatic heterocycles. The Morgan fingerprint density at radius 2 is 2.43 bits per heavy atom. The highest BCUT2D eigenvalue weighted by Crippen LogP contribution is 2.48. The lowest BCUT2D eigenvalue weighted by molar-refractivity contribution is 0.191. The maximum atomic E-state index is 9.23. The SMILES string of the molecule is CCC1CC(C#N)(c2cccnc2)C1. The molecule has 14 heavy (non-hydrogen) atoms. The van der Waals surface area contributed by atoms with Crippen molar-refractivity contribution >= 4 is 0 Å². The molecule has 0 amide bonds. The van der Waals surface area contributed by atoms with Crippen LogP contribution in [0.5, 0.6) is 0 Å². The number of aromatic nitrogens is 1. The molecule has 2 rings (SSSR count). The minimum atomic E-state index is -0.227. The van der Waals surface area contributed by atoms with Gasteiger partial charge in [0.2, 0.25) is 0 Å². The molecule has 0 unspecified atom stereocenters. The lowest BCUT2D eigenvalue weighted by atomic mass is 9.59. The first-order chi connectivity index (χ1) is 6.80. The first-order valence-corrected chi connectivity index (χ1v) is 5.12. The molecule has 2 heteroatoms. The van der Waals surface area contributed by atoms with Crippen LogP contribution in [0.4, 0.5) is 0 Å². The Bertz CT molecular complexity index is 344. The van der Waals surface area contributed by atoms with Gasteiger partial charge in [0, 0.05) is 12.4 Å². The summed E-state index contributed by atoms with van der Waals surface area (Å²) in [6.45, 7) is 2.19. The third-order valence-electron chi connectivity index (χ3n) is 3.28.